The molecular weight excluding hydrogens is 530 g/mol. The number of fused-ring (bicyclic) bond motifs is 3. The van der Waals surface area contributed by atoms with Crippen molar-refractivity contribution < 1.29 is 19.2 Å². The quantitative estimate of drug-likeness (QED) is 0.452. The normalized spacial score (nSPS) is 25.1. The maximum absolute atomic E-state index is 14.3. The maximum atomic E-state index is 14.3. The van der Waals surface area contributed by atoms with Crippen molar-refractivity contribution in [1.29, 1.82) is 0 Å². The molecule has 42 heavy (non-hydrogen) atoms. The standard InChI is InChI=1S/C33H39N5O4/c1-33(2,3)32(41)42-37-19-27(34-20-37)28-24-17-18-38(29(24)22-13-7-9-15-25(22)35-28)31(40)23-14-8-10-16-26(23)36-30(39)21-11-5-4-6-12-21/h4-7,9,11-13,15,19-20,23-24,26,28-29,35H,8,10,14,16-18H2,1-3H3,(H,36,39)/t23-,24+,26+,28+,29-/m0/s1. The highest BCUT2D eigenvalue weighted by Gasteiger charge is 2.49. The van der Waals surface area contributed by atoms with E-state index >= 15 is 0 Å². The number of amides is 2. The van der Waals surface area contributed by atoms with E-state index in [1.54, 1.807) is 18.3 Å². The Bertz CT molecular complexity index is 1460. The molecule has 5 atom stereocenters. The number of nitrogens with one attached hydrogen (secondary N) is 2. The summed E-state index contributed by atoms with van der Waals surface area (Å²) >= 11 is 0. The molecule has 2 aromatic carbocycles. The average molecular weight is 570 g/mol. The molecule has 1 saturated heterocycles. The summed E-state index contributed by atoms with van der Waals surface area (Å²) in [5.41, 5.74) is 2.81. The van der Waals surface area contributed by atoms with Gasteiger partial charge in [0.25, 0.3) is 5.91 Å². The number of aromatic nitrogens is 2. The summed E-state index contributed by atoms with van der Waals surface area (Å²) in [6.45, 7) is 6.07. The number of rotatable bonds is 5. The highest BCUT2D eigenvalue weighted by Crippen LogP contribution is 2.51. The fourth-order valence-electron chi connectivity index (χ4n) is 6.68. The number of carbonyl (C=O) groups excluding carboxylic acids is 3. The monoisotopic (exact) mass is 569 g/mol. The Morgan fingerprint density at radius 3 is 2.50 bits per heavy atom. The van der Waals surface area contributed by atoms with Crippen LogP contribution in [0.4, 0.5) is 5.69 Å². The van der Waals surface area contributed by atoms with Gasteiger partial charge in [0.05, 0.1) is 35.3 Å². The molecule has 1 aliphatic carbocycles. The molecule has 0 unspecified atom stereocenters. The lowest BCUT2D eigenvalue weighted by atomic mass is 9.80. The largest absolute Gasteiger partial charge is 0.376 e. The van der Waals surface area contributed by atoms with Crippen molar-refractivity contribution in [2.75, 3.05) is 11.9 Å². The lowest BCUT2D eigenvalue weighted by Gasteiger charge is -2.41. The van der Waals surface area contributed by atoms with E-state index < -0.39 is 5.41 Å². The first-order valence-corrected chi connectivity index (χ1v) is 15.0. The molecule has 1 aromatic heterocycles. The van der Waals surface area contributed by atoms with Crippen molar-refractivity contribution in [3.8, 4) is 0 Å². The maximum Gasteiger partial charge on any atom is 0.338 e. The fraction of sp³-hybridized carbons (Fsp3) is 0.455. The Balaban J connectivity index is 1.25. The SMILES string of the molecule is CC(C)(C)C(=O)On1cnc([C@@H]2Nc3ccccc3[C@H]3[C@@H]2CCN3C(=O)[C@H]2CCCC[C@H]2NC(=O)c2ccccc2)c1. The van der Waals surface area contributed by atoms with E-state index in [9.17, 15) is 14.4 Å². The van der Waals surface area contributed by atoms with Crippen LogP contribution in [0.2, 0.25) is 0 Å². The van der Waals surface area contributed by atoms with E-state index in [0.717, 1.165) is 49.0 Å². The molecule has 0 bridgehead atoms. The number of para-hydroxylation sites is 1. The lowest BCUT2D eigenvalue weighted by molar-refractivity contribution is -0.153. The van der Waals surface area contributed by atoms with Crippen LogP contribution in [0.3, 0.4) is 0 Å². The van der Waals surface area contributed by atoms with E-state index in [1.807, 2.05) is 62.1 Å². The molecule has 6 rings (SSSR count). The van der Waals surface area contributed by atoms with Gasteiger partial charge in [-0.25, -0.2) is 9.78 Å². The Labute approximate surface area is 246 Å². The first-order chi connectivity index (χ1) is 20.2. The predicted octanol–water partition coefficient (Wildman–Crippen LogP) is 4.93. The van der Waals surface area contributed by atoms with Gasteiger partial charge in [0.15, 0.2) is 0 Å². The van der Waals surface area contributed by atoms with Gasteiger partial charge in [-0.3, -0.25) is 9.59 Å². The Hall–Kier alpha value is -4.14. The number of benzene rings is 2. The van der Waals surface area contributed by atoms with E-state index in [2.05, 4.69) is 21.7 Å². The highest BCUT2D eigenvalue weighted by atomic mass is 16.7. The molecule has 2 amide bonds. The summed E-state index contributed by atoms with van der Waals surface area (Å²) in [4.78, 5) is 52.0. The summed E-state index contributed by atoms with van der Waals surface area (Å²) in [7, 11) is 0. The summed E-state index contributed by atoms with van der Waals surface area (Å²) < 4.78 is 1.38. The van der Waals surface area contributed by atoms with Crippen LogP contribution in [0.15, 0.2) is 67.1 Å². The summed E-state index contributed by atoms with van der Waals surface area (Å²) in [5.74, 6) is -0.534. The summed E-state index contributed by atoms with van der Waals surface area (Å²) in [6.07, 6.45) is 7.62. The van der Waals surface area contributed by atoms with E-state index in [-0.39, 0.29) is 47.7 Å². The fourth-order valence-corrected chi connectivity index (χ4v) is 6.68. The van der Waals surface area contributed by atoms with Crippen LogP contribution in [0.25, 0.3) is 0 Å². The molecule has 9 nitrogen and oxygen atoms in total. The van der Waals surface area contributed by atoms with Crippen molar-refractivity contribution in [2.24, 2.45) is 17.3 Å². The molecule has 2 aliphatic heterocycles. The minimum atomic E-state index is -0.637. The molecule has 220 valence electrons. The van der Waals surface area contributed by atoms with Crippen molar-refractivity contribution in [3.05, 3.63) is 83.9 Å². The second kappa shape index (κ2) is 11.3. The summed E-state index contributed by atoms with van der Waals surface area (Å²) in [6, 6.07) is 16.9. The molecule has 3 aromatic rings. The van der Waals surface area contributed by atoms with Crippen molar-refractivity contribution >= 4 is 23.5 Å². The zero-order valence-corrected chi connectivity index (χ0v) is 24.5. The minimum Gasteiger partial charge on any atom is -0.376 e. The van der Waals surface area contributed by atoms with Crippen molar-refractivity contribution in [2.45, 2.75) is 71.0 Å². The number of hydrogen-bond acceptors (Lipinski definition) is 6. The number of nitrogens with zero attached hydrogens (tertiary/aromatic N) is 3. The van der Waals surface area contributed by atoms with Gasteiger partial charge in [-0.1, -0.05) is 49.2 Å². The molecule has 0 radical (unpaired) electrons. The van der Waals surface area contributed by atoms with Crippen LogP contribution in [0, 0.1) is 17.3 Å². The first-order valence-electron chi connectivity index (χ1n) is 15.0. The lowest BCUT2D eigenvalue weighted by Crippen LogP contribution is -2.50. The average Bonchev–Trinajstić information content (AvgIpc) is 3.65. The van der Waals surface area contributed by atoms with Gasteiger partial charge >= 0.3 is 5.97 Å². The Kier molecular flexibility index (Phi) is 7.51. The van der Waals surface area contributed by atoms with Crippen LogP contribution in [0.5, 0.6) is 0 Å². The van der Waals surface area contributed by atoms with Crippen LogP contribution >= 0.6 is 0 Å². The second-order valence-corrected chi connectivity index (χ2v) is 12.8. The molecule has 1 saturated carbocycles. The predicted molar refractivity (Wildman–Crippen MR) is 158 cm³/mol. The Morgan fingerprint density at radius 2 is 1.71 bits per heavy atom. The topological polar surface area (TPSA) is 106 Å². The van der Waals surface area contributed by atoms with Crippen LogP contribution in [-0.2, 0) is 9.59 Å². The second-order valence-electron chi connectivity index (χ2n) is 12.8. The molecule has 2 N–H and O–H groups in total. The minimum absolute atomic E-state index is 0.0893. The molecular formula is C33H39N5O4. The van der Waals surface area contributed by atoms with Gasteiger partial charge in [-0.15, -0.1) is 0 Å². The van der Waals surface area contributed by atoms with Gasteiger partial charge in [0.2, 0.25) is 5.91 Å². The van der Waals surface area contributed by atoms with Crippen LogP contribution in [-0.4, -0.2) is 45.0 Å². The third-order valence-electron chi connectivity index (χ3n) is 8.88. The number of imidazole rings is 1. The first kappa shape index (κ1) is 28.0. The van der Waals surface area contributed by atoms with E-state index in [0.29, 0.717) is 12.1 Å². The number of anilines is 1. The molecule has 2 fully saturated rings. The number of likely N-dealkylation sites (tertiary alicyclic amines) is 1. The zero-order chi connectivity index (χ0) is 29.4. The zero-order valence-electron chi connectivity index (χ0n) is 24.5. The van der Waals surface area contributed by atoms with Gasteiger partial charge in [0.1, 0.15) is 6.33 Å². The van der Waals surface area contributed by atoms with Gasteiger partial charge in [-0.05, 0) is 63.8 Å². The van der Waals surface area contributed by atoms with Gasteiger partial charge in [-0.2, -0.15) is 4.73 Å². The molecule has 3 heterocycles. The third-order valence-corrected chi connectivity index (χ3v) is 8.88. The highest BCUT2D eigenvalue weighted by molar-refractivity contribution is 5.95. The molecule has 0 spiro atoms. The summed E-state index contributed by atoms with van der Waals surface area (Å²) in [5, 5.41) is 6.85. The van der Waals surface area contributed by atoms with Crippen LogP contribution < -0.4 is 15.5 Å². The van der Waals surface area contributed by atoms with Crippen molar-refractivity contribution in [1.82, 2.24) is 19.9 Å². The van der Waals surface area contributed by atoms with E-state index in [1.165, 1.54) is 11.1 Å². The van der Waals surface area contributed by atoms with E-state index in [4.69, 9.17) is 4.84 Å². The van der Waals surface area contributed by atoms with Gasteiger partial charge < -0.3 is 20.4 Å². The van der Waals surface area contributed by atoms with Gasteiger partial charge in [0, 0.05) is 29.8 Å². The molecule has 9 heteroatoms. The number of hydrogen-bond donors (Lipinski definition) is 2. The third kappa shape index (κ3) is 5.40. The Morgan fingerprint density at radius 1 is 0.976 bits per heavy atom. The molecule has 3 aliphatic rings. The van der Waals surface area contributed by atoms with Crippen LogP contribution in [0.1, 0.15) is 86.6 Å². The number of carbonyl (C=O) groups is 3. The van der Waals surface area contributed by atoms with Crippen molar-refractivity contribution in [3.63, 3.8) is 0 Å². The smallest absolute Gasteiger partial charge is 0.338 e.